The molecular weight excluding hydrogens is 266 g/mol. The molecule has 0 saturated carbocycles. The van der Waals surface area contributed by atoms with E-state index in [1.807, 2.05) is 6.92 Å². The van der Waals surface area contributed by atoms with Gasteiger partial charge in [-0.15, -0.1) is 0 Å². The summed E-state index contributed by atoms with van der Waals surface area (Å²) in [5.41, 5.74) is 0. The average molecular weight is 286 g/mol. The van der Waals surface area contributed by atoms with Crippen molar-refractivity contribution in [3.8, 4) is 5.75 Å². The van der Waals surface area contributed by atoms with Crippen molar-refractivity contribution in [1.82, 2.24) is 5.32 Å². The Morgan fingerprint density at radius 3 is 2.68 bits per heavy atom. The van der Waals surface area contributed by atoms with Crippen LogP contribution in [0.2, 0.25) is 5.02 Å². The minimum absolute atomic E-state index is 0.0992. The van der Waals surface area contributed by atoms with Crippen molar-refractivity contribution >= 4 is 17.5 Å². The van der Waals surface area contributed by atoms with Gasteiger partial charge in [-0.3, -0.25) is 4.79 Å². The number of carbonyl (C=O) groups excluding carboxylic acids is 1. The summed E-state index contributed by atoms with van der Waals surface area (Å²) < 4.78 is 5.50. The number of aliphatic hydroxyl groups excluding tert-OH is 1. The third-order valence-corrected chi connectivity index (χ3v) is 2.80. The minimum atomic E-state index is -0.616. The molecule has 2 N–H and O–H groups in total. The van der Waals surface area contributed by atoms with Gasteiger partial charge in [0.15, 0.2) is 6.10 Å². The number of rotatable bonds is 6. The Labute approximate surface area is 118 Å². The molecule has 0 aliphatic rings. The van der Waals surface area contributed by atoms with Crippen LogP contribution in [-0.2, 0) is 4.79 Å². The number of hydrogen-bond donors (Lipinski definition) is 2. The maximum atomic E-state index is 11.9. The molecule has 0 fully saturated rings. The Hall–Kier alpha value is -1.26. The lowest BCUT2D eigenvalue weighted by molar-refractivity contribution is -0.128. The summed E-state index contributed by atoms with van der Waals surface area (Å²) >= 11 is 5.84. The molecule has 0 aliphatic heterocycles. The first-order chi connectivity index (χ1) is 8.88. The van der Waals surface area contributed by atoms with Crippen LogP contribution < -0.4 is 10.1 Å². The minimum Gasteiger partial charge on any atom is -0.481 e. The topological polar surface area (TPSA) is 58.6 Å². The van der Waals surface area contributed by atoms with Gasteiger partial charge in [-0.25, -0.2) is 0 Å². The number of aliphatic hydroxyl groups is 1. The van der Waals surface area contributed by atoms with Gasteiger partial charge in [-0.2, -0.15) is 0 Å². The van der Waals surface area contributed by atoms with Crippen molar-refractivity contribution in [3.05, 3.63) is 29.3 Å². The third-order valence-electron chi connectivity index (χ3n) is 2.56. The van der Waals surface area contributed by atoms with Gasteiger partial charge >= 0.3 is 0 Å². The second-order valence-corrected chi connectivity index (χ2v) is 5.15. The van der Waals surface area contributed by atoms with Crippen LogP contribution >= 0.6 is 11.6 Å². The van der Waals surface area contributed by atoms with Gasteiger partial charge in [-0.1, -0.05) is 17.7 Å². The van der Waals surface area contributed by atoms with Crippen LogP contribution in [0.25, 0.3) is 0 Å². The molecule has 106 valence electrons. The predicted molar refractivity (Wildman–Crippen MR) is 75.4 cm³/mol. The summed E-state index contributed by atoms with van der Waals surface area (Å²) in [6, 6.07) is 6.81. The maximum absolute atomic E-state index is 11.9. The van der Waals surface area contributed by atoms with Crippen LogP contribution in [0.5, 0.6) is 5.75 Å². The summed E-state index contributed by atoms with van der Waals surface area (Å²) in [7, 11) is 0. The highest BCUT2D eigenvalue weighted by molar-refractivity contribution is 6.30. The number of nitrogens with one attached hydrogen (secondary N) is 1. The zero-order chi connectivity index (χ0) is 14.4. The molecular formula is C14H20ClNO3. The van der Waals surface area contributed by atoms with E-state index in [1.54, 1.807) is 38.1 Å². The Kier molecular flexibility index (Phi) is 6.12. The molecule has 5 heteroatoms. The highest BCUT2D eigenvalue weighted by Gasteiger charge is 2.17. The molecule has 3 atom stereocenters. The molecule has 1 aromatic rings. The van der Waals surface area contributed by atoms with Gasteiger partial charge in [-0.05, 0) is 45.4 Å². The number of hydrogen-bond acceptors (Lipinski definition) is 3. The molecule has 0 radical (unpaired) electrons. The first-order valence-corrected chi connectivity index (χ1v) is 6.67. The highest BCUT2D eigenvalue weighted by atomic mass is 35.5. The molecule has 4 nitrogen and oxygen atoms in total. The van der Waals surface area contributed by atoms with Gasteiger partial charge in [0.05, 0.1) is 6.10 Å². The second-order valence-electron chi connectivity index (χ2n) is 4.71. The number of benzene rings is 1. The van der Waals surface area contributed by atoms with E-state index in [2.05, 4.69) is 5.32 Å². The van der Waals surface area contributed by atoms with E-state index in [0.29, 0.717) is 17.2 Å². The van der Waals surface area contributed by atoms with Crippen molar-refractivity contribution in [3.63, 3.8) is 0 Å². The fourth-order valence-corrected chi connectivity index (χ4v) is 1.91. The highest BCUT2D eigenvalue weighted by Crippen LogP contribution is 2.18. The average Bonchev–Trinajstić information content (AvgIpc) is 2.27. The smallest absolute Gasteiger partial charge is 0.260 e. The molecule has 3 unspecified atom stereocenters. The molecule has 0 spiro atoms. The number of carbonyl (C=O) groups is 1. The van der Waals surface area contributed by atoms with Crippen LogP contribution in [0, 0.1) is 0 Å². The predicted octanol–water partition coefficient (Wildman–Crippen LogP) is 2.38. The van der Waals surface area contributed by atoms with Crippen LogP contribution in [-0.4, -0.2) is 29.3 Å². The zero-order valence-electron chi connectivity index (χ0n) is 11.4. The third kappa shape index (κ3) is 5.94. The molecule has 0 bridgehead atoms. The van der Waals surface area contributed by atoms with E-state index in [9.17, 15) is 9.90 Å². The van der Waals surface area contributed by atoms with E-state index in [0.717, 1.165) is 0 Å². The normalized spacial score (nSPS) is 15.4. The van der Waals surface area contributed by atoms with Gasteiger partial charge in [0.25, 0.3) is 5.91 Å². The SMILES string of the molecule is CC(O)CC(C)NC(=O)C(C)Oc1cccc(Cl)c1. The lowest BCUT2D eigenvalue weighted by Crippen LogP contribution is -2.42. The molecule has 0 saturated heterocycles. The van der Waals surface area contributed by atoms with Gasteiger partial charge in [0.2, 0.25) is 0 Å². The van der Waals surface area contributed by atoms with E-state index in [-0.39, 0.29) is 11.9 Å². The second kappa shape index (κ2) is 7.36. The first-order valence-electron chi connectivity index (χ1n) is 6.29. The van der Waals surface area contributed by atoms with Gasteiger partial charge in [0, 0.05) is 11.1 Å². The Morgan fingerprint density at radius 2 is 2.11 bits per heavy atom. The van der Waals surface area contributed by atoms with E-state index >= 15 is 0 Å². The van der Waals surface area contributed by atoms with Crippen LogP contribution in [0.15, 0.2) is 24.3 Å². The molecule has 0 heterocycles. The molecule has 0 aliphatic carbocycles. The van der Waals surface area contributed by atoms with Crippen molar-refractivity contribution in [2.24, 2.45) is 0 Å². The van der Waals surface area contributed by atoms with Crippen LogP contribution in [0.1, 0.15) is 27.2 Å². The van der Waals surface area contributed by atoms with Crippen molar-refractivity contribution in [2.75, 3.05) is 0 Å². The Morgan fingerprint density at radius 1 is 1.42 bits per heavy atom. The van der Waals surface area contributed by atoms with Crippen LogP contribution in [0.4, 0.5) is 0 Å². The summed E-state index contributed by atoms with van der Waals surface area (Å²) in [5, 5.41) is 12.6. The van der Waals surface area contributed by atoms with Gasteiger partial charge < -0.3 is 15.2 Å². The lowest BCUT2D eigenvalue weighted by atomic mass is 10.1. The van der Waals surface area contributed by atoms with E-state index < -0.39 is 12.2 Å². The van der Waals surface area contributed by atoms with E-state index in [4.69, 9.17) is 16.3 Å². The van der Waals surface area contributed by atoms with E-state index in [1.165, 1.54) is 0 Å². The quantitative estimate of drug-likeness (QED) is 0.844. The van der Waals surface area contributed by atoms with Crippen LogP contribution in [0.3, 0.4) is 0 Å². The Balaban J connectivity index is 2.49. The van der Waals surface area contributed by atoms with Crippen molar-refractivity contribution in [2.45, 2.75) is 45.4 Å². The number of ether oxygens (including phenoxy) is 1. The van der Waals surface area contributed by atoms with Gasteiger partial charge in [0.1, 0.15) is 5.75 Å². The first kappa shape index (κ1) is 15.8. The molecule has 0 aromatic heterocycles. The molecule has 1 rings (SSSR count). The zero-order valence-corrected chi connectivity index (χ0v) is 12.1. The molecule has 1 aromatic carbocycles. The fraction of sp³-hybridized carbons (Fsp3) is 0.500. The molecule has 1 amide bonds. The summed E-state index contributed by atoms with van der Waals surface area (Å²) in [6.45, 7) is 5.20. The monoisotopic (exact) mass is 285 g/mol. The van der Waals surface area contributed by atoms with Crippen molar-refractivity contribution in [1.29, 1.82) is 0 Å². The largest absolute Gasteiger partial charge is 0.481 e. The summed E-state index contributed by atoms with van der Waals surface area (Å²) in [4.78, 5) is 11.9. The molecule has 19 heavy (non-hydrogen) atoms. The number of amides is 1. The summed E-state index contributed by atoms with van der Waals surface area (Å²) in [5.74, 6) is 0.339. The summed E-state index contributed by atoms with van der Waals surface area (Å²) in [6.07, 6.45) is -0.551. The number of halogens is 1. The maximum Gasteiger partial charge on any atom is 0.260 e. The lowest BCUT2D eigenvalue weighted by Gasteiger charge is -2.19. The fourth-order valence-electron chi connectivity index (χ4n) is 1.73. The standard InChI is InChI=1S/C14H20ClNO3/c1-9(7-10(2)17)16-14(18)11(3)19-13-6-4-5-12(15)8-13/h4-6,8-11,17H,7H2,1-3H3,(H,16,18). The van der Waals surface area contributed by atoms with Crippen molar-refractivity contribution < 1.29 is 14.6 Å². The Bertz CT molecular complexity index is 423.